The third kappa shape index (κ3) is 4.12. The van der Waals surface area contributed by atoms with Gasteiger partial charge in [-0.2, -0.15) is 0 Å². The Bertz CT molecular complexity index is 759. The van der Waals surface area contributed by atoms with E-state index in [1.807, 2.05) is 0 Å². The number of hydrogen-bond acceptors (Lipinski definition) is 7. The Kier molecular flexibility index (Phi) is 6.68. The molecule has 1 aliphatic rings. The summed E-state index contributed by atoms with van der Waals surface area (Å²) in [5.74, 6) is -1.41. The molecule has 2 rings (SSSR count). The molecule has 8 nitrogen and oxygen atoms in total. The molecule has 1 aromatic rings. The van der Waals surface area contributed by atoms with E-state index in [1.165, 1.54) is 16.4 Å². The molecule has 0 aliphatic carbocycles. The molecular formula is C12H16N3O5RbS. The van der Waals surface area contributed by atoms with Crippen molar-refractivity contribution in [3.8, 4) is 5.75 Å². The van der Waals surface area contributed by atoms with Crippen LogP contribution in [0.1, 0.15) is 29.3 Å². The van der Waals surface area contributed by atoms with Crippen LogP contribution >= 0.6 is 0 Å². The summed E-state index contributed by atoms with van der Waals surface area (Å²) < 4.78 is 24.3. The first-order valence-corrected chi connectivity index (χ1v) is 8.27. The van der Waals surface area contributed by atoms with Gasteiger partial charge in [0.2, 0.25) is 5.75 Å². The van der Waals surface area contributed by atoms with Crippen LogP contribution in [0.3, 0.4) is 0 Å². The van der Waals surface area contributed by atoms with Crippen molar-refractivity contribution in [3.05, 3.63) is 28.9 Å². The Morgan fingerprint density at radius 3 is 2.55 bits per heavy atom. The molecule has 0 saturated carbocycles. The second-order valence-corrected chi connectivity index (χ2v) is 7.29. The molecular weight excluding hydrogens is 384 g/mol. The summed E-state index contributed by atoms with van der Waals surface area (Å²) in [6, 6.07) is -0.736. The van der Waals surface area contributed by atoms with E-state index in [0.717, 1.165) is 6.26 Å². The molecule has 0 saturated heterocycles. The first kappa shape index (κ1) is 20.1. The molecule has 0 amide bonds. The molecule has 22 heavy (non-hydrogen) atoms. The normalized spacial score (nSPS) is 18.4. The Labute approximate surface area is 177 Å². The molecule has 0 bridgehead atoms. The van der Waals surface area contributed by atoms with Crippen LogP contribution in [0.2, 0.25) is 0 Å². The fourth-order valence-electron chi connectivity index (χ4n) is 2.29. The van der Waals surface area contributed by atoms with Gasteiger partial charge in [0.1, 0.15) is 15.7 Å². The van der Waals surface area contributed by atoms with E-state index in [9.17, 15) is 23.1 Å². The molecule has 0 radical (unpaired) electrons. The van der Waals surface area contributed by atoms with Gasteiger partial charge in [-0.3, -0.25) is 21.2 Å². The van der Waals surface area contributed by atoms with Crippen molar-refractivity contribution in [2.24, 2.45) is 0 Å². The average Bonchev–Trinajstić information content (AvgIpc) is 2.35. The van der Waals surface area contributed by atoms with Crippen molar-refractivity contribution in [1.29, 1.82) is 0 Å². The molecule has 1 aliphatic heterocycles. The molecule has 1 atom stereocenters. The maximum Gasteiger partial charge on any atom is 1.00 e. The van der Waals surface area contributed by atoms with Crippen LogP contribution in [0, 0.1) is 7.05 Å². The monoisotopic (exact) mass is 399 g/mol. The molecule has 2 heterocycles. The van der Waals surface area contributed by atoms with Gasteiger partial charge in [0.25, 0.3) is 5.56 Å². The van der Waals surface area contributed by atoms with Gasteiger partial charge in [0.15, 0.2) is 11.5 Å². The van der Waals surface area contributed by atoms with E-state index < -0.39 is 33.0 Å². The van der Waals surface area contributed by atoms with Crippen LogP contribution in [0.5, 0.6) is 5.75 Å². The molecule has 116 valence electrons. The summed E-state index contributed by atoms with van der Waals surface area (Å²) in [5, 5.41) is 9.74. The van der Waals surface area contributed by atoms with E-state index in [2.05, 4.69) is 12.0 Å². The number of carbonyl (C=O) groups is 1. The number of rotatable bonds is 3. The first-order valence-electron chi connectivity index (χ1n) is 6.21. The second kappa shape index (κ2) is 7.31. The summed E-state index contributed by atoms with van der Waals surface area (Å²) >= 11 is 0. The topological polar surface area (TPSA) is 110 Å². The molecule has 1 aromatic heterocycles. The van der Waals surface area contributed by atoms with Gasteiger partial charge < -0.3 is 10.0 Å². The number of aromatic hydroxyl groups is 1. The van der Waals surface area contributed by atoms with Crippen LogP contribution in [-0.2, 0) is 16.4 Å². The SMILES string of the molecule is [CH2-]N1CCn2c(nc(C(C)=O)c(O)c2=O)C1CS(C)(=O)=O.[Rb+]. The van der Waals surface area contributed by atoms with Crippen molar-refractivity contribution >= 4 is 15.6 Å². The largest absolute Gasteiger partial charge is 1.00 e. The average molecular weight is 400 g/mol. The number of ketones is 1. The first-order chi connectivity index (χ1) is 9.61. The summed E-state index contributed by atoms with van der Waals surface area (Å²) in [4.78, 5) is 29.1. The standard InChI is InChI=1S/C12H16N3O5S.Rb/c1-7(16)9-10(17)12(18)15-5-4-14(2)8(11(15)13-9)6-21(3,19)20;/h8,17H,2,4-6H2,1,3H3;/q-1;+1. The number of aromatic nitrogens is 2. The van der Waals surface area contributed by atoms with Crippen molar-refractivity contribution in [2.45, 2.75) is 19.5 Å². The third-order valence-electron chi connectivity index (χ3n) is 3.32. The smallest absolute Gasteiger partial charge is 0.501 e. The third-order valence-corrected chi connectivity index (χ3v) is 4.24. The van der Waals surface area contributed by atoms with Crippen LogP contribution in [0.4, 0.5) is 0 Å². The molecule has 1 unspecified atom stereocenters. The minimum atomic E-state index is -3.34. The zero-order valence-electron chi connectivity index (χ0n) is 12.7. The zero-order valence-corrected chi connectivity index (χ0v) is 18.5. The van der Waals surface area contributed by atoms with Gasteiger partial charge in [-0.15, -0.1) is 0 Å². The van der Waals surface area contributed by atoms with Gasteiger partial charge in [-0.25, -0.2) is 13.4 Å². The molecule has 0 spiro atoms. The summed E-state index contributed by atoms with van der Waals surface area (Å²) in [5.41, 5.74) is -1.09. The van der Waals surface area contributed by atoms with E-state index in [1.54, 1.807) is 0 Å². The van der Waals surface area contributed by atoms with Crippen LogP contribution in [-0.4, -0.2) is 52.3 Å². The van der Waals surface area contributed by atoms with Gasteiger partial charge in [-0.1, -0.05) is 0 Å². The predicted molar refractivity (Wildman–Crippen MR) is 74.7 cm³/mol. The Hall–Kier alpha value is 0.0652. The van der Waals surface area contributed by atoms with Crippen LogP contribution < -0.4 is 63.7 Å². The Morgan fingerprint density at radius 1 is 1.45 bits per heavy atom. The Balaban J connectivity index is 0.00000242. The maximum absolute atomic E-state index is 12.1. The van der Waals surface area contributed by atoms with E-state index in [4.69, 9.17) is 0 Å². The van der Waals surface area contributed by atoms with Gasteiger partial charge >= 0.3 is 58.2 Å². The minimum absolute atomic E-state index is 0. The van der Waals surface area contributed by atoms with Gasteiger partial charge in [-0.05, 0) is 6.54 Å². The number of carbonyl (C=O) groups excluding carboxylic acids is 1. The number of nitrogens with zero attached hydrogens (tertiary/aromatic N) is 3. The second-order valence-electron chi connectivity index (χ2n) is 5.10. The summed E-state index contributed by atoms with van der Waals surface area (Å²) in [6.45, 7) is 1.74. The fraction of sp³-hybridized carbons (Fsp3) is 0.500. The summed E-state index contributed by atoms with van der Waals surface area (Å²) in [6.07, 6.45) is 1.07. The summed E-state index contributed by atoms with van der Waals surface area (Å²) in [7, 11) is 0.415. The number of hydrogen-bond donors (Lipinski definition) is 1. The Morgan fingerprint density at radius 2 is 2.05 bits per heavy atom. The molecule has 0 aromatic carbocycles. The fourth-order valence-corrected chi connectivity index (χ4v) is 3.22. The van der Waals surface area contributed by atoms with Gasteiger partial charge in [0.05, 0.1) is 11.8 Å². The zero-order chi connectivity index (χ0) is 15.9. The predicted octanol–water partition coefficient (Wildman–Crippen LogP) is -3.65. The molecule has 0 fully saturated rings. The molecule has 1 N–H and O–H groups in total. The van der Waals surface area contributed by atoms with Gasteiger partial charge in [0, 0.05) is 19.7 Å². The minimum Gasteiger partial charge on any atom is -0.501 e. The van der Waals surface area contributed by atoms with E-state index >= 15 is 0 Å². The van der Waals surface area contributed by atoms with E-state index in [-0.39, 0.29) is 82.0 Å². The quantitative estimate of drug-likeness (QED) is 0.412. The van der Waals surface area contributed by atoms with Crippen molar-refractivity contribution < 1.29 is 76.5 Å². The maximum atomic E-state index is 12.1. The van der Waals surface area contributed by atoms with Crippen molar-refractivity contribution in [2.75, 3.05) is 18.6 Å². The number of Topliss-reactive ketones (excluding diaryl/α,β-unsaturated/α-hetero) is 1. The van der Waals surface area contributed by atoms with Crippen LogP contribution in [0.15, 0.2) is 4.79 Å². The number of fused-ring (bicyclic) bond motifs is 1. The van der Waals surface area contributed by atoms with E-state index in [0.29, 0.717) is 6.54 Å². The molecule has 10 heteroatoms. The number of sulfone groups is 1. The van der Waals surface area contributed by atoms with Crippen molar-refractivity contribution in [1.82, 2.24) is 14.5 Å². The van der Waals surface area contributed by atoms with Crippen molar-refractivity contribution in [3.63, 3.8) is 0 Å². The van der Waals surface area contributed by atoms with Crippen LogP contribution in [0.25, 0.3) is 0 Å².